The van der Waals surface area contributed by atoms with Crippen LogP contribution in [-0.2, 0) is 14.3 Å². The van der Waals surface area contributed by atoms with Gasteiger partial charge in [0.05, 0.1) is 20.8 Å². The molecule has 0 bridgehead atoms. The number of benzene rings is 1. The molecule has 0 aliphatic carbocycles. The topological polar surface area (TPSA) is 73.9 Å². The molecule has 0 radical (unpaired) electrons. The van der Waals surface area contributed by atoms with Gasteiger partial charge in [-0.2, -0.15) is 0 Å². The molecule has 1 rings (SSSR count). The minimum absolute atomic E-state index is 0.217. The maximum atomic E-state index is 11.7. The summed E-state index contributed by atoms with van der Waals surface area (Å²) < 4.78 is 15.4. The molecule has 0 saturated heterocycles. The van der Waals surface area contributed by atoms with Crippen LogP contribution >= 0.6 is 0 Å². The van der Waals surface area contributed by atoms with E-state index in [1.165, 1.54) is 13.2 Å². The van der Waals surface area contributed by atoms with Crippen molar-refractivity contribution in [3.63, 3.8) is 0 Å². The Morgan fingerprint density at radius 2 is 2.00 bits per heavy atom. The smallest absolute Gasteiger partial charge is 0.305 e. The van der Waals surface area contributed by atoms with Crippen LogP contribution in [0.2, 0.25) is 0 Å². The largest absolute Gasteiger partial charge is 0.493 e. The standard InChI is InChI=1S/C18H25NO5/c1-4-12-24-15-9-7-14(13-16(15)22-2)8-10-17(20)19-11-5-6-18(21)23-3/h7-10,13H,4-6,11-12H2,1-3H3,(H,19,20)/b10-8+. The Morgan fingerprint density at radius 3 is 2.67 bits per heavy atom. The normalized spacial score (nSPS) is 10.5. The molecule has 0 aliphatic heterocycles. The average molecular weight is 335 g/mol. The van der Waals surface area contributed by atoms with Crippen LogP contribution in [0, 0.1) is 0 Å². The summed E-state index contributed by atoms with van der Waals surface area (Å²) >= 11 is 0. The fraction of sp³-hybridized carbons (Fsp3) is 0.444. The van der Waals surface area contributed by atoms with Crippen molar-refractivity contribution in [2.45, 2.75) is 26.2 Å². The Labute approximate surface area is 142 Å². The first-order valence-electron chi connectivity index (χ1n) is 7.94. The van der Waals surface area contributed by atoms with Gasteiger partial charge in [-0.25, -0.2) is 0 Å². The van der Waals surface area contributed by atoms with Crippen molar-refractivity contribution < 1.29 is 23.8 Å². The van der Waals surface area contributed by atoms with Gasteiger partial charge in [-0.3, -0.25) is 9.59 Å². The molecule has 1 N–H and O–H groups in total. The number of carbonyl (C=O) groups is 2. The highest BCUT2D eigenvalue weighted by molar-refractivity contribution is 5.91. The number of hydrogen-bond acceptors (Lipinski definition) is 5. The molecule has 0 aromatic heterocycles. The van der Waals surface area contributed by atoms with Crippen LogP contribution in [-0.4, -0.2) is 39.2 Å². The van der Waals surface area contributed by atoms with Gasteiger partial charge >= 0.3 is 5.97 Å². The summed E-state index contributed by atoms with van der Waals surface area (Å²) in [5, 5.41) is 2.71. The molecule has 1 amide bonds. The van der Waals surface area contributed by atoms with E-state index in [2.05, 4.69) is 10.1 Å². The molecule has 0 fully saturated rings. The molecule has 0 heterocycles. The van der Waals surface area contributed by atoms with E-state index in [1.807, 2.05) is 25.1 Å². The summed E-state index contributed by atoms with van der Waals surface area (Å²) in [5.41, 5.74) is 0.834. The Morgan fingerprint density at radius 1 is 1.21 bits per heavy atom. The molecule has 1 aromatic carbocycles. The number of methoxy groups -OCH3 is 2. The zero-order valence-electron chi connectivity index (χ0n) is 14.5. The van der Waals surface area contributed by atoms with Gasteiger partial charge in [0.15, 0.2) is 11.5 Å². The summed E-state index contributed by atoms with van der Waals surface area (Å²) in [6.07, 6.45) is 4.89. The number of ether oxygens (including phenoxy) is 3. The second-order valence-corrected chi connectivity index (χ2v) is 5.06. The first-order chi connectivity index (χ1) is 11.6. The molecule has 0 atom stereocenters. The van der Waals surface area contributed by atoms with Crippen molar-refractivity contribution in [1.82, 2.24) is 5.32 Å². The third-order valence-electron chi connectivity index (χ3n) is 3.16. The molecule has 0 aliphatic rings. The van der Waals surface area contributed by atoms with Crippen LogP contribution in [0.3, 0.4) is 0 Å². The first kappa shape index (κ1) is 19.5. The number of carbonyl (C=O) groups excluding carboxylic acids is 2. The molecular formula is C18H25NO5. The second-order valence-electron chi connectivity index (χ2n) is 5.06. The highest BCUT2D eigenvalue weighted by Crippen LogP contribution is 2.28. The third kappa shape index (κ3) is 7.17. The van der Waals surface area contributed by atoms with Crippen molar-refractivity contribution in [1.29, 1.82) is 0 Å². The fourth-order valence-electron chi connectivity index (χ4n) is 1.90. The van der Waals surface area contributed by atoms with Crippen molar-refractivity contribution in [2.24, 2.45) is 0 Å². The van der Waals surface area contributed by atoms with Crippen LogP contribution < -0.4 is 14.8 Å². The van der Waals surface area contributed by atoms with Crippen LogP contribution in [0.1, 0.15) is 31.7 Å². The summed E-state index contributed by atoms with van der Waals surface area (Å²) in [6, 6.07) is 5.49. The highest BCUT2D eigenvalue weighted by Gasteiger charge is 2.05. The number of rotatable bonds is 10. The van der Waals surface area contributed by atoms with Gasteiger partial charge in [0, 0.05) is 19.0 Å². The summed E-state index contributed by atoms with van der Waals surface area (Å²) in [7, 11) is 2.92. The Hall–Kier alpha value is -2.50. The molecule has 6 nitrogen and oxygen atoms in total. The highest BCUT2D eigenvalue weighted by atomic mass is 16.5. The second kappa shape index (κ2) is 11.1. The number of hydrogen-bond donors (Lipinski definition) is 1. The summed E-state index contributed by atoms with van der Waals surface area (Å²) in [6.45, 7) is 3.08. The van der Waals surface area contributed by atoms with E-state index in [-0.39, 0.29) is 18.3 Å². The maximum absolute atomic E-state index is 11.7. The van der Waals surface area contributed by atoms with Crippen molar-refractivity contribution in [2.75, 3.05) is 27.4 Å². The van der Waals surface area contributed by atoms with E-state index in [9.17, 15) is 9.59 Å². The average Bonchev–Trinajstić information content (AvgIpc) is 2.61. The summed E-state index contributed by atoms with van der Waals surface area (Å²) in [5.74, 6) is 0.815. The van der Waals surface area contributed by atoms with Crippen molar-refractivity contribution >= 4 is 18.0 Å². The third-order valence-corrected chi connectivity index (χ3v) is 3.16. The molecule has 24 heavy (non-hydrogen) atoms. The molecule has 0 spiro atoms. The number of esters is 1. The predicted molar refractivity (Wildman–Crippen MR) is 92.1 cm³/mol. The van der Waals surface area contributed by atoms with E-state index in [0.29, 0.717) is 31.1 Å². The zero-order valence-corrected chi connectivity index (χ0v) is 14.5. The molecule has 0 saturated carbocycles. The molecule has 132 valence electrons. The van der Waals surface area contributed by atoms with E-state index >= 15 is 0 Å². The Bertz CT molecular complexity index is 569. The van der Waals surface area contributed by atoms with Gasteiger partial charge in [-0.15, -0.1) is 0 Å². The van der Waals surface area contributed by atoms with Crippen LogP contribution in [0.4, 0.5) is 0 Å². The maximum Gasteiger partial charge on any atom is 0.305 e. The van der Waals surface area contributed by atoms with Gasteiger partial charge in [-0.1, -0.05) is 13.0 Å². The van der Waals surface area contributed by atoms with E-state index < -0.39 is 0 Å². The lowest BCUT2D eigenvalue weighted by molar-refractivity contribution is -0.140. The minimum atomic E-state index is -0.280. The van der Waals surface area contributed by atoms with Gasteiger partial charge in [-0.05, 0) is 36.6 Å². The summed E-state index contributed by atoms with van der Waals surface area (Å²) in [4.78, 5) is 22.7. The van der Waals surface area contributed by atoms with Crippen LogP contribution in [0.25, 0.3) is 6.08 Å². The monoisotopic (exact) mass is 335 g/mol. The van der Waals surface area contributed by atoms with E-state index in [4.69, 9.17) is 9.47 Å². The molecular weight excluding hydrogens is 310 g/mol. The van der Waals surface area contributed by atoms with Crippen molar-refractivity contribution in [3.05, 3.63) is 29.8 Å². The quantitative estimate of drug-likeness (QED) is 0.404. The lowest BCUT2D eigenvalue weighted by Gasteiger charge is -2.10. The van der Waals surface area contributed by atoms with Gasteiger partial charge < -0.3 is 19.5 Å². The van der Waals surface area contributed by atoms with E-state index in [1.54, 1.807) is 13.2 Å². The van der Waals surface area contributed by atoms with Gasteiger partial charge in [0.25, 0.3) is 0 Å². The van der Waals surface area contributed by atoms with Crippen LogP contribution in [0.5, 0.6) is 11.5 Å². The fourth-order valence-corrected chi connectivity index (χ4v) is 1.90. The van der Waals surface area contributed by atoms with Crippen molar-refractivity contribution in [3.8, 4) is 11.5 Å². The molecule has 0 unspecified atom stereocenters. The lowest BCUT2D eigenvalue weighted by atomic mass is 10.2. The van der Waals surface area contributed by atoms with Gasteiger partial charge in [0.1, 0.15) is 0 Å². The number of amides is 1. The molecule has 6 heteroatoms. The minimum Gasteiger partial charge on any atom is -0.493 e. The first-order valence-corrected chi connectivity index (χ1v) is 7.94. The predicted octanol–water partition coefficient (Wildman–Crippen LogP) is 2.57. The Kier molecular flexibility index (Phi) is 9.04. The zero-order chi connectivity index (χ0) is 17.8. The number of nitrogens with one attached hydrogen (secondary N) is 1. The van der Waals surface area contributed by atoms with E-state index in [0.717, 1.165) is 12.0 Å². The van der Waals surface area contributed by atoms with Gasteiger partial charge in [0.2, 0.25) is 5.91 Å². The molecule has 1 aromatic rings. The van der Waals surface area contributed by atoms with Crippen LogP contribution in [0.15, 0.2) is 24.3 Å². The lowest BCUT2D eigenvalue weighted by Crippen LogP contribution is -2.22. The SMILES string of the molecule is CCCOc1ccc(/C=C/C(=O)NCCCC(=O)OC)cc1OC. The Balaban J connectivity index is 2.50.